The summed E-state index contributed by atoms with van der Waals surface area (Å²) in [4.78, 5) is 26.6. The highest BCUT2D eigenvalue weighted by Gasteiger charge is 2.26. The van der Waals surface area contributed by atoms with E-state index in [0.29, 0.717) is 31.0 Å². The molecule has 2 aliphatic rings. The number of anilines is 2. The molecule has 0 saturated heterocycles. The summed E-state index contributed by atoms with van der Waals surface area (Å²) in [6, 6.07) is 5.58. The standard InChI is InChI=1S/C18H22N6O2/c1-2-20-18(26)24-8-6-11-3-4-12(9-15(11)24)21-17(25)16-13-10-19-7-5-14(13)22-23-16/h3-4,9,19H,2,5-8,10H2,1H3,(H,20,26)(H,21,25)(H,22,23). The van der Waals surface area contributed by atoms with Crippen molar-refractivity contribution in [2.45, 2.75) is 26.3 Å². The number of H-pyrrole nitrogens is 1. The summed E-state index contributed by atoms with van der Waals surface area (Å²) in [7, 11) is 0. The number of amides is 3. The molecule has 0 atom stereocenters. The van der Waals surface area contributed by atoms with E-state index in [0.717, 1.165) is 41.9 Å². The molecule has 0 radical (unpaired) electrons. The Labute approximate surface area is 151 Å². The fourth-order valence-electron chi connectivity index (χ4n) is 3.52. The molecule has 0 spiro atoms. The number of urea groups is 1. The van der Waals surface area contributed by atoms with Crippen molar-refractivity contribution in [2.75, 3.05) is 29.9 Å². The van der Waals surface area contributed by atoms with Crippen molar-refractivity contribution in [2.24, 2.45) is 0 Å². The van der Waals surface area contributed by atoms with Crippen LogP contribution in [0.3, 0.4) is 0 Å². The lowest BCUT2D eigenvalue weighted by molar-refractivity contribution is 0.102. The number of aromatic nitrogens is 2. The van der Waals surface area contributed by atoms with Gasteiger partial charge in [0.05, 0.1) is 5.69 Å². The first-order chi connectivity index (χ1) is 12.7. The van der Waals surface area contributed by atoms with Gasteiger partial charge in [0.1, 0.15) is 0 Å². The molecule has 2 aromatic rings. The quantitative estimate of drug-likeness (QED) is 0.669. The third-order valence-electron chi connectivity index (χ3n) is 4.83. The van der Waals surface area contributed by atoms with Crippen LogP contribution in [0.15, 0.2) is 18.2 Å². The monoisotopic (exact) mass is 354 g/mol. The third-order valence-corrected chi connectivity index (χ3v) is 4.83. The average molecular weight is 354 g/mol. The maximum atomic E-state index is 12.7. The Kier molecular flexibility index (Phi) is 4.34. The zero-order valence-corrected chi connectivity index (χ0v) is 14.7. The maximum absolute atomic E-state index is 12.7. The summed E-state index contributed by atoms with van der Waals surface area (Å²) in [6.07, 6.45) is 1.66. The molecule has 26 heavy (non-hydrogen) atoms. The Morgan fingerprint density at radius 2 is 2.19 bits per heavy atom. The summed E-state index contributed by atoms with van der Waals surface area (Å²) < 4.78 is 0. The zero-order chi connectivity index (χ0) is 18.1. The number of nitrogens with one attached hydrogen (secondary N) is 4. The van der Waals surface area contributed by atoms with E-state index < -0.39 is 0 Å². The smallest absolute Gasteiger partial charge is 0.321 e. The van der Waals surface area contributed by atoms with Gasteiger partial charge in [-0.05, 0) is 31.0 Å². The van der Waals surface area contributed by atoms with Gasteiger partial charge in [0.15, 0.2) is 5.69 Å². The van der Waals surface area contributed by atoms with Crippen molar-refractivity contribution in [3.8, 4) is 0 Å². The van der Waals surface area contributed by atoms with E-state index in [1.54, 1.807) is 4.90 Å². The molecule has 8 nitrogen and oxygen atoms in total. The largest absolute Gasteiger partial charge is 0.338 e. The van der Waals surface area contributed by atoms with E-state index in [1.165, 1.54) is 0 Å². The van der Waals surface area contributed by atoms with Crippen molar-refractivity contribution in [3.05, 3.63) is 40.7 Å². The number of fused-ring (bicyclic) bond motifs is 2. The SMILES string of the molecule is CCNC(=O)N1CCc2ccc(NC(=O)c3n[nH]c4c3CNCC4)cc21. The number of carbonyl (C=O) groups is 2. The molecular formula is C18H22N6O2. The van der Waals surface area contributed by atoms with E-state index in [1.807, 2.05) is 25.1 Å². The normalized spacial score (nSPS) is 15.3. The molecule has 1 aromatic carbocycles. The Balaban J connectivity index is 1.54. The summed E-state index contributed by atoms with van der Waals surface area (Å²) in [6.45, 7) is 4.65. The summed E-state index contributed by atoms with van der Waals surface area (Å²) in [5.41, 5.74) is 4.98. The molecule has 4 N–H and O–H groups in total. The topological polar surface area (TPSA) is 102 Å². The van der Waals surface area contributed by atoms with Crippen LogP contribution in [0.1, 0.15) is 34.2 Å². The predicted octanol–water partition coefficient (Wildman–Crippen LogP) is 1.40. The van der Waals surface area contributed by atoms with Gasteiger partial charge in [-0.15, -0.1) is 0 Å². The second-order valence-corrected chi connectivity index (χ2v) is 6.49. The second kappa shape index (κ2) is 6.80. The van der Waals surface area contributed by atoms with Crippen LogP contribution in [0.2, 0.25) is 0 Å². The molecule has 0 aliphatic carbocycles. The van der Waals surface area contributed by atoms with Crippen molar-refractivity contribution in [1.29, 1.82) is 0 Å². The fraction of sp³-hybridized carbons (Fsp3) is 0.389. The molecule has 4 rings (SSSR count). The third kappa shape index (κ3) is 2.92. The molecule has 3 amide bonds. The van der Waals surface area contributed by atoms with Gasteiger partial charge in [-0.25, -0.2) is 4.79 Å². The fourth-order valence-corrected chi connectivity index (χ4v) is 3.52. The highest BCUT2D eigenvalue weighted by molar-refractivity contribution is 6.05. The van der Waals surface area contributed by atoms with Gasteiger partial charge in [0, 0.05) is 49.5 Å². The number of carbonyl (C=O) groups excluding carboxylic acids is 2. The van der Waals surface area contributed by atoms with E-state index >= 15 is 0 Å². The van der Waals surface area contributed by atoms with Crippen LogP contribution in [0.5, 0.6) is 0 Å². The first-order valence-corrected chi connectivity index (χ1v) is 8.94. The number of rotatable bonds is 3. The van der Waals surface area contributed by atoms with Gasteiger partial charge in [-0.2, -0.15) is 5.10 Å². The lowest BCUT2D eigenvalue weighted by atomic mass is 10.1. The van der Waals surface area contributed by atoms with E-state index in [2.05, 4.69) is 26.1 Å². The minimum Gasteiger partial charge on any atom is -0.338 e. The highest BCUT2D eigenvalue weighted by Crippen LogP contribution is 2.31. The maximum Gasteiger partial charge on any atom is 0.321 e. The lowest BCUT2D eigenvalue weighted by Gasteiger charge is -2.18. The molecule has 0 fully saturated rings. The Bertz CT molecular complexity index is 859. The molecule has 1 aromatic heterocycles. The van der Waals surface area contributed by atoms with Crippen LogP contribution in [-0.4, -0.2) is 41.8 Å². The van der Waals surface area contributed by atoms with E-state index in [4.69, 9.17) is 0 Å². The highest BCUT2D eigenvalue weighted by atomic mass is 16.2. The van der Waals surface area contributed by atoms with Crippen molar-refractivity contribution in [3.63, 3.8) is 0 Å². The minimum atomic E-state index is -0.242. The van der Waals surface area contributed by atoms with Gasteiger partial charge >= 0.3 is 6.03 Å². The van der Waals surface area contributed by atoms with Gasteiger partial charge in [0.25, 0.3) is 5.91 Å². The molecule has 2 aliphatic heterocycles. The summed E-state index contributed by atoms with van der Waals surface area (Å²) in [5.74, 6) is -0.242. The van der Waals surface area contributed by atoms with Crippen LogP contribution in [0, 0.1) is 0 Å². The molecule has 136 valence electrons. The molecule has 8 heteroatoms. The number of benzene rings is 1. The van der Waals surface area contributed by atoms with Crippen LogP contribution in [0.4, 0.5) is 16.2 Å². The summed E-state index contributed by atoms with van der Waals surface area (Å²) in [5, 5.41) is 16.1. The molecule has 0 saturated carbocycles. The second-order valence-electron chi connectivity index (χ2n) is 6.49. The number of aromatic amines is 1. The van der Waals surface area contributed by atoms with Crippen molar-refractivity contribution >= 4 is 23.3 Å². The van der Waals surface area contributed by atoms with Crippen LogP contribution < -0.4 is 20.9 Å². The minimum absolute atomic E-state index is 0.109. The Morgan fingerprint density at radius 1 is 1.31 bits per heavy atom. The van der Waals surface area contributed by atoms with E-state index in [-0.39, 0.29) is 11.9 Å². The molecular weight excluding hydrogens is 332 g/mol. The lowest BCUT2D eigenvalue weighted by Crippen LogP contribution is -2.38. The van der Waals surface area contributed by atoms with Crippen LogP contribution >= 0.6 is 0 Å². The van der Waals surface area contributed by atoms with Gasteiger partial charge in [-0.3, -0.25) is 14.8 Å². The van der Waals surface area contributed by atoms with Crippen LogP contribution in [0.25, 0.3) is 0 Å². The first kappa shape index (κ1) is 16.6. The van der Waals surface area contributed by atoms with Crippen LogP contribution in [-0.2, 0) is 19.4 Å². The summed E-state index contributed by atoms with van der Waals surface area (Å²) >= 11 is 0. The average Bonchev–Trinajstić information content (AvgIpc) is 3.25. The van der Waals surface area contributed by atoms with Gasteiger partial charge in [0.2, 0.25) is 0 Å². The number of hydrogen-bond acceptors (Lipinski definition) is 4. The number of nitrogens with zero attached hydrogens (tertiary/aromatic N) is 2. The zero-order valence-electron chi connectivity index (χ0n) is 14.7. The molecule has 0 bridgehead atoms. The van der Waals surface area contributed by atoms with Crippen molar-refractivity contribution < 1.29 is 9.59 Å². The predicted molar refractivity (Wildman–Crippen MR) is 98.5 cm³/mol. The number of hydrogen-bond donors (Lipinski definition) is 4. The molecule has 3 heterocycles. The molecule has 0 unspecified atom stereocenters. The Hall–Kier alpha value is -2.87. The van der Waals surface area contributed by atoms with E-state index in [9.17, 15) is 9.59 Å². The van der Waals surface area contributed by atoms with Crippen molar-refractivity contribution in [1.82, 2.24) is 20.8 Å². The first-order valence-electron chi connectivity index (χ1n) is 8.94. The van der Waals surface area contributed by atoms with Gasteiger partial charge < -0.3 is 16.0 Å². The Morgan fingerprint density at radius 3 is 3.04 bits per heavy atom. The van der Waals surface area contributed by atoms with Gasteiger partial charge in [-0.1, -0.05) is 6.07 Å².